The summed E-state index contributed by atoms with van der Waals surface area (Å²) in [4.78, 5) is 23.3. The quantitative estimate of drug-likeness (QED) is 0.637. The Morgan fingerprint density at radius 2 is 1.87 bits per heavy atom. The van der Waals surface area contributed by atoms with E-state index in [0.29, 0.717) is 35.1 Å². The summed E-state index contributed by atoms with van der Waals surface area (Å²) in [5.74, 6) is 4.69. The van der Waals surface area contributed by atoms with Gasteiger partial charge in [0.2, 0.25) is 5.91 Å². The second kappa shape index (κ2) is 7.42. The van der Waals surface area contributed by atoms with Crippen LogP contribution in [0, 0.1) is 46.3 Å². The van der Waals surface area contributed by atoms with E-state index in [0.717, 1.165) is 36.3 Å². The van der Waals surface area contributed by atoms with Crippen molar-refractivity contribution in [3.63, 3.8) is 0 Å². The summed E-state index contributed by atoms with van der Waals surface area (Å²) >= 11 is 0. The maximum Gasteiger partial charge on any atom is 0.222 e. The molecule has 4 heteroatoms. The first kappa shape index (κ1) is 21.2. The van der Waals surface area contributed by atoms with Gasteiger partial charge in [-0.1, -0.05) is 33.8 Å². The lowest BCUT2D eigenvalue weighted by atomic mass is 9.44. The third-order valence-corrected chi connectivity index (χ3v) is 10.4. The van der Waals surface area contributed by atoms with Crippen LogP contribution < -0.4 is 0 Å². The predicted molar refractivity (Wildman–Crippen MR) is 124 cm³/mol. The predicted octanol–water partition coefficient (Wildman–Crippen LogP) is 5.46. The number of amides is 1. The molecule has 1 aromatic heterocycles. The molecule has 1 aromatic rings. The molecule has 0 N–H and O–H groups in total. The highest BCUT2D eigenvalue weighted by molar-refractivity contribution is 5.77. The van der Waals surface area contributed by atoms with Gasteiger partial charge in [-0.25, -0.2) is 0 Å². The Balaban J connectivity index is 1.44. The third-order valence-electron chi connectivity index (χ3n) is 10.4. The molecule has 1 saturated heterocycles. The van der Waals surface area contributed by atoms with Gasteiger partial charge in [0.1, 0.15) is 0 Å². The zero-order valence-corrected chi connectivity index (χ0v) is 19.9. The first-order chi connectivity index (χ1) is 14.8. The van der Waals surface area contributed by atoms with Crippen molar-refractivity contribution in [3.8, 4) is 0 Å². The molecule has 0 radical (unpaired) electrons. The molecule has 1 aliphatic heterocycles. The average Bonchev–Trinajstić information content (AvgIpc) is 3.01. The highest BCUT2D eigenvalue weighted by atomic mass is 16.2. The van der Waals surface area contributed by atoms with Gasteiger partial charge in [0.25, 0.3) is 0 Å². The molecule has 4 aliphatic rings. The molecule has 3 saturated carbocycles. The highest BCUT2D eigenvalue weighted by Crippen LogP contribution is 2.68. The minimum Gasteiger partial charge on any atom is -0.342 e. The summed E-state index contributed by atoms with van der Waals surface area (Å²) in [7, 11) is 2.06. The number of piperidine rings is 1. The molecule has 2 unspecified atom stereocenters. The molecule has 5 rings (SSSR count). The molecule has 168 valence electrons. The number of rotatable bonds is 2. The maximum absolute atomic E-state index is 12.5. The Bertz CT molecular complexity index is 868. The van der Waals surface area contributed by atoms with Crippen LogP contribution in [-0.4, -0.2) is 33.9 Å². The van der Waals surface area contributed by atoms with Crippen molar-refractivity contribution in [3.05, 3.63) is 30.4 Å². The summed E-state index contributed by atoms with van der Waals surface area (Å²) in [6, 6.07) is 0.431. The molecule has 2 heterocycles. The largest absolute Gasteiger partial charge is 0.342 e. The average molecular weight is 422 g/mol. The van der Waals surface area contributed by atoms with Gasteiger partial charge in [-0.2, -0.15) is 0 Å². The van der Waals surface area contributed by atoms with Crippen molar-refractivity contribution in [2.75, 3.05) is 7.05 Å². The standard InChI is InChI=1S/C27H39N3O/c1-17-14-22-25-18(2)15-23-27(4,11-9-24(31)30(23)5)21(25)8-10-26(22,3)20(17)7-6-19-16-28-12-13-29-19/h6-7,12-13,16-18,20-23,25H,8-11,14-15H2,1-5H3/t17?,18?,20-,21-,22-,23+,25+,26+,27+/m0/s1. The van der Waals surface area contributed by atoms with E-state index in [1.54, 1.807) is 12.4 Å². The third kappa shape index (κ3) is 3.11. The van der Waals surface area contributed by atoms with E-state index >= 15 is 0 Å². The van der Waals surface area contributed by atoms with Gasteiger partial charge in [0.15, 0.2) is 0 Å². The smallest absolute Gasteiger partial charge is 0.222 e. The van der Waals surface area contributed by atoms with Gasteiger partial charge in [0.05, 0.1) is 11.9 Å². The number of nitrogens with zero attached hydrogens (tertiary/aromatic N) is 3. The van der Waals surface area contributed by atoms with Gasteiger partial charge in [-0.3, -0.25) is 14.8 Å². The summed E-state index contributed by atoms with van der Waals surface area (Å²) in [5, 5.41) is 0. The maximum atomic E-state index is 12.5. The normalized spacial score (nSPS) is 47.2. The van der Waals surface area contributed by atoms with Crippen LogP contribution in [0.1, 0.15) is 71.9 Å². The minimum atomic E-state index is 0.290. The Morgan fingerprint density at radius 3 is 2.61 bits per heavy atom. The van der Waals surface area contributed by atoms with Crippen LogP contribution in [0.3, 0.4) is 0 Å². The number of likely N-dealkylation sites (tertiary alicyclic amines) is 1. The van der Waals surface area contributed by atoms with Crippen molar-refractivity contribution in [1.82, 2.24) is 14.9 Å². The van der Waals surface area contributed by atoms with E-state index in [1.165, 1.54) is 25.7 Å². The van der Waals surface area contributed by atoms with Gasteiger partial charge in [0, 0.05) is 31.9 Å². The second-order valence-electron chi connectivity index (χ2n) is 11.8. The van der Waals surface area contributed by atoms with Crippen molar-refractivity contribution in [2.45, 2.75) is 72.3 Å². The van der Waals surface area contributed by atoms with Crippen LogP contribution in [0.5, 0.6) is 0 Å². The lowest BCUT2D eigenvalue weighted by Gasteiger charge is -2.63. The van der Waals surface area contributed by atoms with Crippen molar-refractivity contribution in [2.24, 2.45) is 46.3 Å². The zero-order valence-electron chi connectivity index (χ0n) is 19.9. The molecular formula is C27H39N3O. The lowest BCUT2D eigenvalue weighted by Crippen LogP contribution is -2.63. The van der Waals surface area contributed by atoms with E-state index in [1.807, 2.05) is 6.20 Å². The van der Waals surface area contributed by atoms with Crippen molar-refractivity contribution in [1.29, 1.82) is 0 Å². The molecule has 3 aliphatic carbocycles. The Labute approximate surface area is 187 Å². The van der Waals surface area contributed by atoms with E-state index in [4.69, 9.17) is 0 Å². The molecule has 0 bridgehead atoms. The summed E-state index contributed by atoms with van der Waals surface area (Å²) < 4.78 is 0. The molecular weight excluding hydrogens is 382 g/mol. The minimum absolute atomic E-state index is 0.290. The number of carbonyl (C=O) groups excluding carboxylic acids is 1. The zero-order chi connectivity index (χ0) is 22.0. The molecule has 0 aromatic carbocycles. The molecule has 9 atom stereocenters. The highest BCUT2D eigenvalue weighted by Gasteiger charge is 2.63. The van der Waals surface area contributed by atoms with Gasteiger partial charge >= 0.3 is 0 Å². The van der Waals surface area contributed by atoms with E-state index in [9.17, 15) is 4.79 Å². The number of hydrogen-bond donors (Lipinski definition) is 0. The topological polar surface area (TPSA) is 46.1 Å². The Kier molecular flexibility index (Phi) is 5.06. The molecule has 4 fully saturated rings. The van der Waals surface area contributed by atoms with Crippen LogP contribution in [0.4, 0.5) is 0 Å². The fraction of sp³-hybridized carbons (Fsp3) is 0.741. The van der Waals surface area contributed by atoms with Crippen molar-refractivity contribution >= 4 is 12.0 Å². The molecule has 0 spiro atoms. The molecule has 4 nitrogen and oxygen atoms in total. The summed E-state index contributed by atoms with van der Waals surface area (Å²) in [6.07, 6.45) is 17.0. The molecule has 31 heavy (non-hydrogen) atoms. The van der Waals surface area contributed by atoms with E-state index < -0.39 is 0 Å². The van der Waals surface area contributed by atoms with Crippen LogP contribution in [0.2, 0.25) is 0 Å². The summed E-state index contributed by atoms with van der Waals surface area (Å²) in [6.45, 7) is 10.1. The Hall–Kier alpha value is -1.71. The van der Waals surface area contributed by atoms with Crippen LogP contribution >= 0.6 is 0 Å². The van der Waals surface area contributed by atoms with E-state index in [-0.39, 0.29) is 5.41 Å². The number of carbonyl (C=O) groups is 1. The summed E-state index contributed by atoms with van der Waals surface area (Å²) in [5.41, 5.74) is 1.62. The van der Waals surface area contributed by atoms with Gasteiger partial charge in [-0.05, 0) is 84.5 Å². The number of aromatic nitrogens is 2. The van der Waals surface area contributed by atoms with Crippen LogP contribution in [0.15, 0.2) is 24.7 Å². The van der Waals surface area contributed by atoms with Crippen molar-refractivity contribution < 1.29 is 4.79 Å². The van der Waals surface area contributed by atoms with Crippen LogP contribution in [-0.2, 0) is 4.79 Å². The fourth-order valence-electron chi connectivity index (χ4n) is 8.88. The number of fused-ring (bicyclic) bond motifs is 5. The first-order valence-corrected chi connectivity index (χ1v) is 12.5. The fourth-order valence-corrected chi connectivity index (χ4v) is 8.88. The lowest BCUT2D eigenvalue weighted by molar-refractivity contribution is -0.165. The molecule has 1 amide bonds. The van der Waals surface area contributed by atoms with Gasteiger partial charge < -0.3 is 4.90 Å². The SMILES string of the molecule is CC1C[C@H]2N(C)C(=O)CC[C@]2(C)[C@H]2CC[C@]3(C)[C@@H](C=Cc4cnccn4)C(C)C[C@H]3[C@H]12. The van der Waals surface area contributed by atoms with E-state index in [2.05, 4.69) is 61.8 Å². The second-order valence-corrected chi connectivity index (χ2v) is 11.8. The van der Waals surface area contributed by atoms with Gasteiger partial charge in [-0.15, -0.1) is 0 Å². The monoisotopic (exact) mass is 421 g/mol. The number of allylic oxidation sites excluding steroid dienone is 1. The Morgan fingerprint density at radius 1 is 1.06 bits per heavy atom. The number of hydrogen-bond acceptors (Lipinski definition) is 3. The van der Waals surface area contributed by atoms with Crippen LogP contribution in [0.25, 0.3) is 6.08 Å². The first-order valence-electron chi connectivity index (χ1n) is 12.5.